The number of aliphatic hydroxyl groups is 1. The number of rotatable bonds is 3. The molecular formula is C10H19NO. The highest BCUT2D eigenvalue weighted by Crippen LogP contribution is 2.44. The van der Waals surface area contributed by atoms with Gasteiger partial charge in [-0.15, -0.1) is 0 Å². The Bertz CT molecular complexity index is 160. The molecule has 2 saturated carbocycles. The molecule has 0 heterocycles. The summed E-state index contributed by atoms with van der Waals surface area (Å²) in [6.45, 7) is 2.33. The molecule has 2 aliphatic rings. The van der Waals surface area contributed by atoms with Gasteiger partial charge in [0.2, 0.25) is 0 Å². The molecule has 0 aromatic rings. The molecule has 0 saturated heterocycles. The summed E-state index contributed by atoms with van der Waals surface area (Å²) in [6.07, 6.45) is 5.67. The van der Waals surface area contributed by atoms with Crippen LogP contribution in [0.4, 0.5) is 0 Å². The van der Waals surface area contributed by atoms with Gasteiger partial charge in [0.1, 0.15) is 0 Å². The predicted octanol–water partition coefficient (Wildman–Crippen LogP) is 1.15. The Morgan fingerprint density at radius 3 is 2.75 bits per heavy atom. The second-order valence-corrected chi connectivity index (χ2v) is 4.53. The van der Waals surface area contributed by atoms with Crippen molar-refractivity contribution in [1.29, 1.82) is 0 Å². The van der Waals surface area contributed by atoms with Gasteiger partial charge in [-0.3, -0.25) is 0 Å². The van der Waals surface area contributed by atoms with Crippen molar-refractivity contribution < 1.29 is 5.11 Å². The zero-order chi connectivity index (χ0) is 8.55. The second-order valence-electron chi connectivity index (χ2n) is 4.53. The van der Waals surface area contributed by atoms with Crippen molar-refractivity contribution in [3.8, 4) is 0 Å². The van der Waals surface area contributed by atoms with Crippen LogP contribution in [-0.2, 0) is 0 Å². The van der Waals surface area contributed by atoms with Gasteiger partial charge in [-0.1, -0.05) is 6.42 Å². The molecule has 0 unspecified atom stereocenters. The first-order chi connectivity index (χ1) is 5.79. The van der Waals surface area contributed by atoms with Crippen LogP contribution in [0, 0.1) is 11.8 Å². The highest BCUT2D eigenvalue weighted by molar-refractivity contribution is 4.94. The molecule has 12 heavy (non-hydrogen) atoms. The molecule has 0 radical (unpaired) electrons. The molecular weight excluding hydrogens is 150 g/mol. The van der Waals surface area contributed by atoms with Gasteiger partial charge in [0.05, 0.1) is 6.61 Å². The summed E-state index contributed by atoms with van der Waals surface area (Å²) in [5.41, 5.74) is 0. The summed E-state index contributed by atoms with van der Waals surface area (Å²) in [5.74, 6) is 1.92. The van der Waals surface area contributed by atoms with Crippen molar-refractivity contribution in [2.45, 2.75) is 44.7 Å². The molecule has 2 bridgehead atoms. The van der Waals surface area contributed by atoms with E-state index < -0.39 is 0 Å². The lowest BCUT2D eigenvalue weighted by Gasteiger charge is -2.25. The fourth-order valence-corrected chi connectivity index (χ4v) is 2.87. The number of hydrogen-bond acceptors (Lipinski definition) is 2. The third-order valence-electron chi connectivity index (χ3n) is 3.51. The maximum Gasteiger partial charge on any atom is 0.0582 e. The minimum Gasteiger partial charge on any atom is -0.395 e. The topological polar surface area (TPSA) is 32.3 Å². The van der Waals surface area contributed by atoms with E-state index in [4.69, 9.17) is 5.11 Å². The Balaban J connectivity index is 1.82. The highest BCUT2D eigenvalue weighted by Gasteiger charge is 2.39. The van der Waals surface area contributed by atoms with E-state index >= 15 is 0 Å². The monoisotopic (exact) mass is 169 g/mol. The quantitative estimate of drug-likeness (QED) is 0.664. The van der Waals surface area contributed by atoms with Crippen LogP contribution in [0.2, 0.25) is 0 Å². The van der Waals surface area contributed by atoms with Crippen molar-refractivity contribution in [3.05, 3.63) is 0 Å². The van der Waals surface area contributed by atoms with Crippen molar-refractivity contribution in [1.82, 2.24) is 5.32 Å². The zero-order valence-electron chi connectivity index (χ0n) is 7.79. The van der Waals surface area contributed by atoms with Crippen LogP contribution in [0.3, 0.4) is 0 Å². The molecule has 0 aliphatic heterocycles. The zero-order valence-corrected chi connectivity index (χ0v) is 7.79. The predicted molar refractivity (Wildman–Crippen MR) is 48.9 cm³/mol. The van der Waals surface area contributed by atoms with Gasteiger partial charge in [0.15, 0.2) is 0 Å². The summed E-state index contributed by atoms with van der Waals surface area (Å²) >= 11 is 0. The standard InChI is InChI=1S/C10H19NO/c1-7(6-12)11-10-5-8-2-3-9(10)4-8/h7-12H,2-6H2,1H3/t7-,8-,9-,10+/m1/s1. The largest absolute Gasteiger partial charge is 0.395 e. The van der Waals surface area contributed by atoms with Crippen LogP contribution in [0.15, 0.2) is 0 Å². The number of hydrogen-bond donors (Lipinski definition) is 2. The van der Waals surface area contributed by atoms with Crippen LogP contribution >= 0.6 is 0 Å². The first-order valence-electron chi connectivity index (χ1n) is 5.16. The first kappa shape index (κ1) is 8.52. The summed E-state index contributed by atoms with van der Waals surface area (Å²) < 4.78 is 0. The smallest absolute Gasteiger partial charge is 0.0582 e. The van der Waals surface area contributed by atoms with Crippen molar-refractivity contribution in [3.63, 3.8) is 0 Å². The van der Waals surface area contributed by atoms with Gasteiger partial charge in [-0.25, -0.2) is 0 Å². The van der Waals surface area contributed by atoms with Crippen LogP contribution in [0.1, 0.15) is 32.6 Å². The molecule has 70 valence electrons. The number of aliphatic hydroxyl groups excluding tert-OH is 1. The Morgan fingerprint density at radius 1 is 1.42 bits per heavy atom. The summed E-state index contributed by atoms with van der Waals surface area (Å²) in [6, 6.07) is 1.00. The number of fused-ring (bicyclic) bond motifs is 2. The highest BCUT2D eigenvalue weighted by atomic mass is 16.3. The van der Waals surface area contributed by atoms with E-state index in [2.05, 4.69) is 12.2 Å². The van der Waals surface area contributed by atoms with Gasteiger partial charge >= 0.3 is 0 Å². The minimum absolute atomic E-state index is 0.272. The Labute approximate surface area is 74.4 Å². The van der Waals surface area contributed by atoms with E-state index in [0.29, 0.717) is 6.04 Å². The third-order valence-corrected chi connectivity index (χ3v) is 3.51. The first-order valence-corrected chi connectivity index (χ1v) is 5.16. The Kier molecular flexibility index (Phi) is 2.37. The van der Waals surface area contributed by atoms with E-state index in [1.54, 1.807) is 0 Å². The van der Waals surface area contributed by atoms with E-state index in [0.717, 1.165) is 11.8 Å². The maximum absolute atomic E-state index is 8.90. The fraction of sp³-hybridized carbons (Fsp3) is 1.00. The Morgan fingerprint density at radius 2 is 2.25 bits per heavy atom. The van der Waals surface area contributed by atoms with Gasteiger partial charge in [0, 0.05) is 12.1 Å². The molecule has 2 fully saturated rings. The molecule has 0 amide bonds. The van der Waals surface area contributed by atoms with Crippen molar-refractivity contribution >= 4 is 0 Å². The molecule has 2 N–H and O–H groups in total. The fourth-order valence-electron chi connectivity index (χ4n) is 2.87. The lowest BCUT2D eigenvalue weighted by Crippen LogP contribution is -2.41. The van der Waals surface area contributed by atoms with Crippen LogP contribution in [0.5, 0.6) is 0 Å². The molecule has 4 atom stereocenters. The van der Waals surface area contributed by atoms with E-state index in [1.807, 2.05) is 0 Å². The van der Waals surface area contributed by atoms with Crippen molar-refractivity contribution in [2.75, 3.05) is 6.61 Å². The third kappa shape index (κ3) is 1.50. The van der Waals surface area contributed by atoms with Gasteiger partial charge < -0.3 is 10.4 Å². The molecule has 2 nitrogen and oxygen atoms in total. The van der Waals surface area contributed by atoms with Gasteiger partial charge in [-0.05, 0) is 38.0 Å². The molecule has 2 aliphatic carbocycles. The molecule has 2 rings (SSSR count). The molecule has 0 spiro atoms. The van der Waals surface area contributed by atoms with Crippen LogP contribution < -0.4 is 5.32 Å². The average Bonchev–Trinajstić information content (AvgIpc) is 2.64. The summed E-state index contributed by atoms with van der Waals surface area (Å²) in [7, 11) is 0. The van der Waals surface area contributed by atoms with E-state index in [-0.39, 0.29) is 12.6 Å². The minimum atomic E-state index is 0.272. The van der Waals surface area contributed by atoms with E-state index in [9.17, 15) is 0 Å². The second kappa shape index (κ2) is 3.35. The summed E-state index contributed by atoms with van der Waals surface area (Å²) in [5, 5.41) is 12.4. The normalized spacial score (nSPS) is 42.0. The van der Waals surface area contributed by atoms with E-state index in [1.165, 1.54) is 25.7 Å². The van der Waals surface area contributed by atoms with Crippen LogP contribution in [0.25, 0.3) is 0 Å². The average molecular weight is 169 g/mol. The summed E-state index contributed by atoms with van der Waals surface area (Å²) in [4.78, 5) is 0. The number of nitrogens with one attached hydrogen (secondary N) is 1. The maximum atomic E-state index is 8.90. The SMILES string of the molecule is C[C@H](CO)N[C@H]1C[C@@H]2CC[C@@H]1C2. The molecule has 0 aromatic carbocycles. The molecule has 0 aromatic heterocycles. The van der Waals surface area contributed by atoms with Crippen LogP contribution in [-0.4, -0.2) is 23.8 Å². The van der Waals surface area contributed by atoms with Gasteiger partial charge in [0.25, 0.3) is 0 Å². The molecule has 2 heteroatoms. The van der Waals surface area contributed by atoms with Crippen molar-refractivity contribution in [2.24, 2.45) is 11.8 Å². The lowest BCUT2D eigenvalue weighted by atomic mass is 9.95. The van der Waals surface area contributed by atoms with Gasteiger partial charge in [-0.2, -0.15) is 0 Å². The Hall–Kier alpha value is -0.0800. The lowest BCUT2D eigenvalue weighted by molar-refractivity contribution is 0.223.